The smallest absolute Gasteiger partial charge is 0.306 e. The number of carboxylic acid groups (broad SMARTS) is 1. The Bertz CT molecular complexity index is 665. The van der Waals surface area contributed by atoms with Crippen LogP contribution in [0.4, 0.5) is 0 Å². The zero-order valence-electron chi connectivity index (χ0n) is 14.7. The number of hydrogen-bond donors (Lipinski definition) is 1. The lowest BCUT2D eigenvalue weighted by Gasteiger charge is -2.41. The zero-order chi connectivity index (χ0) is 18.3. The van der Waals surface area contributed by atoms with Gasteiger partial charge in [-0.15, -0.1) is 0 Å². The molecule has 1 fully saturated rings. The number of likely N-dealkylation sites (N-methyl/N-ethyl adjacent to an activating group) is 1. The Morgan fingerprint density at radius 3 is 2.21 bits per heavy atom. The van der Waals surface area contributed by atoms with E-state index in [2.05, 4.69) is 0 Å². The summed E-state index contributed by atoms with van der Waals surface area (Å²) in [7, 11) is 1.62. The maximum absolute atomic E-state index is 13.1. The minimum Gasteiger partial charge on any atom is -0.481 e. The summed E-state index contributed by atoms with van der Waals surface area (Å²) >= 11 is 0. The molecule has 2 atom stereocenters. The molecule has 0 aliphatic carbocycles. The average Bonchev–Trinajstić information content (AvgIpc) is 2.67. The Kier molecular flexibility index (Phi) is 4.44. The van der Waals surface area contributed by atoms with E-state index >= 15 is 0 Å². The van der Waals surface area contributed by atoms with Gasteiger partial charge in [0, 0.05) is 18.0 Å². The van der Waals surface area contributed by atoms with Crippen molar-refractivity contribution >= 4 is 17.8 Å². The van der Waals surface area contributed by atoms with Crippen molar-refractivity contribution in [1.29, 1.82) is 0 Å². The molecule has 1 aliphatic heterocycles. The normalized spacial score (nSPS) is 24.4. The maximum atomic E-state index is 13.1. The SMILES string of the molecule is CN1C(=O)[C@@](C)(CC(=O)O)N(C(=O)c2ccccc2)[C@@H]1C(C)(C)C. The molecule has 6 heteroatoms. The highest BCUT2D eigenvalue weighted by atomic mass is 16.4. The number of amides is 2. The molecule has 1 N–H and O–H groups in total. The van der Waals surface area contributed by atoms with E-state index in [4.69, 9.17) is 0 Å². The lowest BCUT2D eigenvalue weighted by molar-refractivity contribution is -0.144. The summed E-state index contributed by atoms with van der Waals surface area (Å²) in [5, 5.41) is 9.29. The average molecular weight is 332 g/mol. The van der Waals surface area contributed by atoms with Crippen LogP contribution >= 0.6 is 0 Å². The van der Waals surface area contributed by atoms with Crippen LogP contribution in [-0.4, -0.2) is 51.4 Å². The first-order valence-electron chi connectivity index (χ1n) is 7.88. The van der Waals surface area contributed by atoms with E-state index in [0.717, 1.165) is 0 Å². The van der Waals surface area contributed by atoms with E-state index in [1.807, 2.05) is 20.8 Å². The predicted octanol–water partition coefficient (Wildman–Crippen LogP) is 2.21. The van der Waals surface area contributed by atoms with Gasteiger partial charge >= 0.3 is 5.97 Å². The van der Waals surface area contributed by atoms with Crippen molar-refractivity contribution in [2.45, 2.75) is 45.8 Å². The second-order valence-corrected chi connectivity index (χ2v) is 7.54. The second kappa shape index (κ2) is 5.92. The Morgan fingerprint density at radius 2 is 1.75 bits per heavy atom. The van der Waals surface area contributed by atoms with Crippen LogP contribution in [0.2, 0.25) is 0 Å². The van der Waals surface area contributed by atoms with Gasteiger partial charge in [-0.3, -0.25) is 14.4 Å². The van der Waals surface area contributed by atoms with Crippen LogP contribution in [0, 0.1) is 5.41 Å². The number of carbonyl (C=O) groups is 3. The highest BCUT2D eigenvalue weighted by molar-refractivity contribution is 6.03. The Balaban J connectivity index is 2.60. The molecule has 2 rings (SSSR count). The monoisotopic (exact) mass is 332 g/mol. The first-order chi connectivity index (χ1) is 11.0. The first kappa shape index (κ1) is 18.0. The summed E-state index contributed by atoms with van der Waals surface area (Å²) in [4.78, 5) is 40.3. The summed E-state index contributed by atoms with van der Waals surface area (Å²) in [6.45, 7) is 7.32. The molecule has 1 heterocycles. The number of benzene rings is 1. The number of aliphatic carboxylic acids is 1. The fraction of sp³-hybridized carbons (Fsp3) is 0.500. The fourth-order valence-electron chi connectivity index (χ4n) is 3.52. The van der Waals surface area contributed by atoms with Crippen molar-refractivity contribution in [3.8, 4) is 0 Å². The molecule has 0 aromatic heterocycles. The summed E-state index contributed by atoms with van der Waals surface area (Å²) in [5.74, 6) is -1.80. The molecule has 1 aliphatic rings. The van der Waals surface area contributed by atoms with Gasteiger partial charge in [-0.25, -0.2) is 0 Å². The van der Waals surface area contributed by atoms with Gasteiger partial charge in [0.05, 0.1) is 6.42 Å². The van der Waals surface area contributed by atoms with Gasteiger partial charge in [0.2, 0.25) is 5.91 Å². The van der Waals surface area contributed by atoms with E-state index in [9.17, 15) is 19.5 Å². The van der Waals surface area contributed by atoms with Crippen molar-refractivity contribution in [2.24, 2.45) is 5.41 Å². The summed E-state index contributed by atoms with van der Waals surface area (Å²) in [6.07, 6.45) is -0.955. The minimum atomic E-state index is -1.41. The molecule has 2 amide bonds. The van der Waals surface area contributed by atoms with Crippen molar-refractivity contribution in [3.05, 3.63) is 35.9 Å². The zero-order valence-corrected chi connectivity index (χ0v) is 14.7. The van der Waals surface area contributed by atoms with E-state index in [1.54, 1.807) is 37.4 Å². The molecule has 1 aromatic carbocycles. The molecule has 1 saturated heterocycles. The van der Waals surface area contributed by atoms with Crippen LogP contribution in [-0.2, 0) is 9.59 Å². The lowest BCUT2D eigenvalue weighted by atomic mass is 9.88. The van der Waals surface area contributed by atoms with Gasteiger partial charge in [-0.2, -0.15) is 0 Å². The van der Waals surface area contributed by atoms with Crippen molar-refractivity contribution in [3.63, 3.8) is 0 Å². The van der Waals surface area contributed by atoms with Crippen LogP contribution in [0.15, 0.2) is 30.3 Å². The molecule has 0 spiro atoms. The van der Waals surface area contributed by atoms with E-state index in [-0.39, 0.29) is 11.8 Å². The fourth-order valence-corrected chi connectivity index (χ4v) is 3.52. The predicted molar refractivity (Wildman–Crippen MR) is 89.3 cm³/mol. The number of nitrogens with zero attached hydrogens (tertiary/aromatic N) is 2. The van der Waals surface area contributed by atoms with Gasteiger partial charge < -0.3 is 14.9 Å². The van der Waals surface area contributed by atoms with Gasteiger partial charge in [-0.1, -0.05) is 39.0 Å². The van der Waals surface area contributed by atoms with E-state index in [0.29, 0.717) is 5.56 Å². The molecule has 0 unspecified atom stereocenters. The second-order valence-electron chi connectivity index (χ2n) is 7.54. The lowest BCUT2D eigenvalue weighted by Crippen LogP contribution is -2.55. The Morgan fingerprint density at radius 1 is 1.21 bits per heavy atom. The van der Waals surface area contributed by atoms with Crippen molar-refractivity contribution in [2.75, 3.05) is 7.05 Å². The van der Waals surface area contributed by atoms with Crippen LogP contribution in [0.1, 0.15) is 44.5 Å². The summed E-state index contributed by atoms with van der Waals surface area (Å²) < 4.78 is 0. The van der Waals surface area contributed by atoms with Crippen LogP contribution in [0.3, 0.4) is 0 Å². The summed E-state index contributed by atoms with van der Waals surface area (Å²) in [6, 6.07) is 8.64. The third kappa shape index (κ3) is 2.88. The van der Waals surface area contributed by atoms with Gasteiger partial charge in [0.1, 0.15) is 11.7 Å². The minimum absolute atomic E-state index is 0.336. The largest absolute Gasteiger partial charge is 0.481 e. The van der Waals surface area contributed by atoms with Gasteiger partial charge in [-0.05, 0) is 19.1 Å². The molecular formula is C18H24N2O4. The Labute approximate surface area is 142 Å². The van der Waals surface area contributed by atoms with Crippen molar-refractivity contribution in [1.82, 2.24) is 9.80 Å². The quantitative estimate of drug-likeness (QED) is 0.920. The number of rotatable bonds is 3. The molecule has 6 nitrogen and oxygen atoms in total. The van der Waals surface area contributed by atoms with Crippen LogP contribution < -0.4 is 0 Å². The molecule has 24 heavy (non-hydrogen) atoms. The number of hydrogen-bond acceptors (Lipinski definition) is 3. The maximum Gasteiger partial charge on any atom is 0.306 e. The van der Waals surface area contributed by atoms with Crippen molar-refractivity contribution < 1.29 is 19.5 Å². The topological polar surface area (TPSA) is 77.9 Å². The third-order valence-corrected chi connectivity index (χ3v) is 4.43. The molecule has 130 valence electrons. The summed E-state index contributed by atoms with van der Waals surface area (Å²) in [5.41, 5.74) is -1.40. The highest BCUT2D eigenvalue weighted by Crippen LogP contribution is 2.41. The number of carboxylic acids is 1. The third-order valence-electron chi connectivity index (χ3n) is 4.43. The van der Waals surface area contributed by atoms with Gasteiger partial charge in [0.15, 0.2) is 0 Å². The first-order valence-corrected chi connectivity index (χ1v) is 7.88. The van der Waals surface area contributed by atoms with Crippen LogP contribution in [0.5, 0.6) is 0 Å². The molecule has 0 saturated carbocycles. The van der Waals surface area contributed by atoms with Crippen LogP contribution in [0.25, 0.3) is 0 Å². The highest BCUT2D eigenvalue weighted by Gasteiger charge is 2.59. The Hall–Kier alpha value is -2.37. The van der Waals surface area contributed by atoms with E-state index < -0.39 is 29.5 Å². The van der Waals surface area contributed by atoms with E-state index in [1.165, 1.54) is 16.7 Å². The molecule has 0 bridgehead atoms. The molecule has 0 radical (unpaired) electrons. The standard InChI is InChI=1S/C18H24N2O4/c1-17(2,3)15-19(5)16(24)18(4,11-13(21)22)20(15)14(23)12-9-7-6-8-10-12/h6-10,15H,11H2,1-5H3,(H,21,22)/t15-,18-/m1/s1. The molecule has 1 aromatic rings. The van der Waals surface area contributed by atoms with Gasteiger partial charge in [0.25, 0.3) is 5.91 Å². The number of carbonyl (C=O) groups excluding carboxylic acids is 2. The molecular weight excluding hydrogens is 308 g/mol.